The van der Waals surface area contributed by atoms with Crippen LogP contribution < -0.4 is 24.2 Å². The first-order valence-electron chi connectivity index (χ1n) is 13.1. The predicted molar refractivity (Wildman–Crippen MR) is 163 cm³/mol. The minimum absolute atomic E-state index is 0.0140. The second kappa shape index (κ2) is 12.7. The molecule has 0 fully saturated rings. The van der Waals surface area contributed by atoms with Gasteiger partial charge in [-0.05, 0) is 80.4 Å². The summed E-state index contributed by atoms with van der Waals surface area (Å²) in [5, 5.41) is 3.76. The topological polar surface area (TPSA) is 140 Å². The van der Waals surface area contributed by atoms with Crippen molar-refractivity contribution in [1.82, 2.24) is 5.32 Å². The first-order chi connectivity index (χ1) is 19.9. The minimum Gasteiger partial charge on any atom is -0.497 e. The average Bonchev–Trinajstić information content (AvgIpc) is 2.97. The predicted octanol–water partition coefficient (Wildman–Crippen LogP) is 4.92. The van der Waals surface area contributed by atoms with E-state index in [4.69, 9.17) is 9.47 Å². The summed E-state index contributed by atoms with van der Waals surface area (Å²) in [7, 11) is -5.12. The summed E-state index contributed by atoms with van der Waals surface area (Å²) in [5.41, 5.74) is 0.941. The van der Waals surface area contributed by atoms with E-state index in [0.717, 1.165) is 0 Å². The molecular weight excluding hydrogens is 578 g/mol. The molecule has 222 valence electrons. The summed E-state index contributed by atoms with van der Waals surface area (Å²) >= 11 is 0. The monoisotopic (exact) mass is 611 g/mol. The molecule has 0 radical (unpaired) electrons. The lowest BCUT2D eigenvalue weighted by molar-refractivity contribution is -0.121. The number of benzene rings is 4. The lowest BCUT2D eigenvalue weighted by Crippen LogP contribution is -2.30. The van der Waals surface area contributed by atoms with E-state index in [1.807, 2.05) is 13.8 Å². The van der Waals surface area contributed by atoms with E-state index in [-0.39, 0.29) is 46.0 Å². The van der Waals surface area contributed by atoms with Crippen molar-refractivity contribution in [2.45, 2.75) is 42.5 Å². The van der Waals surface area contributed by atoms with Crippen molar-refractivity contribution in [3.8, 4) is 11.5 Å². The van der Waals surface area contributed by atoms with Gasteiger partial charge in [0, 0.05) is 23.2 Å². The minimum atomic E-state index is -4.06. The van der Waals surface area contributed by atoms with Gasteiger partial charge in [-0.15, -0.1) is 0 Å². The van der Waals surface area contributed by atoms with E-state index in [1.54, 1.807) is 54.6 Å². The number of anilines is 2. The molecule has 42 heavy (non-hydrogen) atoms. The standard InChI is InChI=1S/C30H33N3O7S2/c1-20(2)31-29(34)18-9-21-19-28(32-41(35,36)24-14-10-22(39-3)11-15-24)26-7-5-6-8-27(26)30(21)33-42(37,38)25-16-12-23(40-4)13-17-25/h5-8,10-17,19-20,32-33H,9,18H2,1-4H3,(H,31,34). The highest BCUT2D eigenvalue weighted by molar-refractivity contribution is 7.93. The lowest BCUT2D eigenvalue weighted by Gasteiger charge is -2.20. The average molecular weight is 612 g/mol. The number of methoxy groups -OCH3 is 2. The summed E-state index contributed by atoms with van der Waals surface area (Å²) in [6, 6.07) is 20.2. The van der Waals surface area contributed by atoms with Gasteiger partial charge in [0.05, 0.1) is 35.4 Å². The van der Waals surface area contributed by atoms with Gasteiger partial charge in [0.1, 0.15) is 11.5 Å². The Balaban J connectivity index is 1.81. The Morgan fingerprint density at radius 2 is 1.24 bits per heavy atom. The highest BCUT2D eigenvalue weighted by Crippen LogP contribution is 2.37. The Morgan fingerprint density at radius 3 is 1.74 bits per heavy atom. The van der Waals surface area contributed by atoms with Crippen molar-refractivity contribution in [3.63, 3.8) is 0 Å². The van der Waals surface area contributed by atoms with Gasteiger partial charge in [-0.1, -0.05) is 24.3 Å². The number of aryl methyl sites for hydroxylation is 1. The number of ether oxygens (including phenoxy) is 2. The van der Waals surface area contributed by atoms with Gasteiger partial charge in [0.2, 0.25) is 5.91 Å². The number of carbonyl (C=O) groups is 1. The summed E-state index contributed by atoms with van der Waals surface area (Å²) in [6.07, 6.45) is 0.194. The third kappa shape index (κ3) is 7.12. The molecule has 0 unspecified atom stereocenters. The Labute approximate surface area is 246 Å². The van der Waals surface area contributed by atoms with Crippen LogP contribution in [0.1, 0.15) is 25.8 Å². The second-order valence-electron chi connectivity index (χ2n) is 9.79. The molecule has 4 aromatic rings. The molecule has 0 atom stereocenters. The smallest absolute Gasteiger partial charge is 0.261 e. The number of rotatable bonds is 12. The number of fused-ring (bicyclic) bond motifs is 1. The van der Waals surface area contributed by atoms with E-state index in [1.165, 1.54) is 38.5 Å². The first kappa shape index (κ1) is 30.7. The fourth-order valence-electron chi connectivity index (χ4n) is 4.38. The van der Waals surface area contributed by atoms with Crippen LogP contribution in [0, 0.1) is 0 Å². The Kier molecular flexibility index (Phi) is 9.27. The van der Waals surface area contributed by atoms with Crippen molar-refractivity contribution < 1.29 is 31.1 Å². The molecule has 4 aromatic carbocycles. The third-order valence-corrected chi connectivity index (χ3v) is 9.16. The van der Waals surface area contributed by atoms with Crippen LogP contribution in [0.4, 0.5) is 11.4 Å². The number of nitrogens with one attached hydrogen (secondary N) is 3. The number of carbonyl (C=O) groups excluding carboxylic acids is 1. The molecule has 0 saturated carbocycles. The van der Waals surface area contributed by atoms with Crippen molar-refractivity contribution in [1.29, 1.82) is 0 Å². The van der Waals surface area contributed by atoms with Gasteiger partial charge in [-0.3, -0.25) is 14.2 Å². The van der Waals surface area contributed by atoms with Crippen molar-refractivity contribution in [3.05, 3.63) is 84.4 Å². The van der Waals surface area contributed by atoms with Crippen molar-refractivity contribution in [2.75, 3.05) is 23.7 Å². The normalized spacial score (nSPS) is 11.7. The molecule has 0 aliphatic rings. The van der Waals surface area contributed by atoms with Crippen LogP contribution in [-0.2, 0) is 31.3 Å². The molecule has 0 heterocycles. The molecular formula is C30H33N3O7S2. The highest BCUT2D eigenvalue weighted by atomic mass is 32.2. The van der Waals surface area contributed by atoms with Gasteiger partial charge in [-0.2, -0.15) is 0 Å². The van der Waals surface area contributed by atoms with E-state index in [0.29, 0.717) is 27.8 Å². The molecule has 0 aromatic heterocycles. The van der Waals surface area contributed by atoms with Gasteiger partial charge in [-0.25, -0.2) is 16.8 Å². The largest absolute Gasteiger partial charge is 0.497 e. The van der Waals surface area contributed by atoms with Gasteiger partial charge in [0.15, 0.2) is 0 Å². The van der Waals surface area contributed by atoms with Gasteiger partial charge < -0.3 is 14.8 Å². The third-order valence-electron chi connectivity index (χ3n) is 6.42. The number of sulfonamides is 2. The van der Waals surface area contributed by atoms with Crippen molar-refractivity contribution in [2.24, 2.45) is 0 Å². The fourth-order valence-corrected chi connectivity index (χ4v) is 6.58. The van der Waals surface area contributed by atoms with E-state index in [2.05, 4.69) is 14.8 Å². The maximum Gasteiger partial charge on any atom is 0.261 e. The quantitative estimate of drug-likeness (QED) is 0.207. The summed E-state index contributed by atoms with van der Waals surface area (Å²) in [6.45, 7) is 3.68. The van der Waals surface area contributed by atoms with E-state index in [9.17, 15) is 21.6 Å². The second-order valence-corrected chi connectivity index (χ2v) is 13.2. The van der Waals surface area contributed by atoms with Crippen LogP contribution in [0.5, 0.6) is 11.5 Å². The molecule has 0 spiro atoms. The maximum absolute atomic E-state index is 13.5. The summed E-state index contributed by atoms with van der Waals surface area (Å²) in [5.74, 6) is 0.794. The van der Waals surface area contributed by atoms with Gasteiger partial charge >= 0.3 is 0 Å². The van der Waals surface area contributed by atoms with Crippen molar-refractivity contribution >= 4 is 48.1 Å². The fraction of sp³-hybridized carbons (Fsp3) is 0.233. The SMILES string of the molecule is COc1ccc(S(=O)(=O)Nc2cc(CCC(=O)NC(C)C)c(NS(=O)(=O)c3ccc(OC)cc3)c3ccccc23)cc1. The molecule has 0 aliphatic heterocycles. The van der Waals surface area contributed by atoms with E-state index < -0.39 is 20.0 Å². The number of hydrogen-bond acceptors (Lipinski definition) is 7. The van der Waals surface area contributed by atoms with Crippen LogP contribution in [-0.4, -0.2) is 43.0 Å². The Hall–Kier alpha value is -4.29. The Bertz CT molecular complexity index is 1790. The molecule has 12 heteroatoms. The Morgan fingerprint density at radius 1 is 0.738 bits per heavy atom. The molecule has 3 N–H and O–H groups in total. The van der Waals surface area contributed by atoms with Crippen LogP contribution in [0.2, 0.25) is 0 Å². The van der Waals surface area contributed by atoms with Crippen LogP contribution in [0.15, 0.2) is 88.7 Å². The first-order valence-corrected chi connectivity index (χ1v) is 16.1. The molecule has 0 aliphatic carbocycles. The van der Waals surface area contributed by atoms with Gasteiger partial charge in [0.25, 0.3) is 20.0 Å². The number of hydrogen-bond donors (Lipinski definition) is 3. The maximum atomic E-state index is 13.5. The molecule has 0 saturated heterocycles. The molecule has 0 bridgehead atoms. The zero-order valence-corrected chi connectivity index (χ0v) is 25.3. The van der Waals surface area contributed by atoms with Crippen LogP contribution >= 0.6 is 0 Å². The lowest BCUT2D eigenvalue weighted by atomic mass is 9.99. The highest BCUT2D eigenvalue weighted by Gasteiger charge is 2.23. The zero-order chi connectivity index (χ0) is 30.5. The number of amides is 1. The summed E-state index contributed by atoms with van der Waals surface area (Å²) in [4.78, 5) is 12.6. The molecule has 10 nitrogen and oxygen atoms in total. The van der Waals surface area contributed by atoms with E-state index >= 15 is 0 Å². The zero-order valence-electron chi connectivity index (χ0n) is 23.7. The summed E-state index contributed by atoms with van der Waals surface area (Å²) < 4.78 is 69.3. The van der Waals surface area contributed by atoms with Crippen LogP contribution in [0.25, 0.3) is 10.8 Å². The molecule has 4 rings (SSSR count). The molecule has 1 amide bonds. The van der Waals surface area contributed by atoms with Crippen LogP contribution in [0.3, 0.4) is 0 Å².